The van der Waals surface area contributed by atoms with Crippen molar-refractivity contribution in [1.29, 1.82) is 0 Å². The molecule has 0 aliphatic rings. The van der Waals surface area contributed by atoms with E-state index in [2.05, 4.69) is 10.4 Å². The minimum absolute atomic E-state index is 0.191. The molecule has 0 radical (unpaired) electrons. The van der Waals surface area contributed by atoms with Crippen molar-refractivity contribution in [2.24, 2.45) is 5.73 Å². The highest BCUT2D eigenvalue weighted by Crippen LogP contribution is 2.28. The maximum Gasteiger partial charge on any atom is 0.419 e. The van der Waals surface area contributed by atoms with Gasteiger partial charge in [0.05, 0.1) is 17.8 Å². The number of hydrogen-bond donors (Lipinski definition) is 2. The van der Waals surface area contributed by atoms with Crippen LogP contribution in [0.25, 0.3) is 0 Å². The molecule has 1 heterocycles. The molecule has 1 aromatic heterocycles. The Morgan fingerprint density at radius 1 is 1.61 bits per heavy atom. The molecule has 1 unspecified atom stereocenters. The summed E-state index contributed by atoms with van der Waals surface area (Å²) in [6, 6.07) is -0.562. The number of nitrogens with one attached hydrogen (secondary N) is 1. The van der Waals surface area contributed by atoms with Crippen LogP contribution < -0.4 is 11.1 Å². The SMILES string of the molecule is CCNC(CCn1cc(C(F)(F)F)cn1)C(N)=O. The molecule has 5 nitrogen and oxygen atoms in total. The van der Waals surface area contributed by atoms with Crippen molar-refractivity contribution in [1.82, 2.24) is 15.1 Å². The minimum Gasteiger partial charge on any atom is -0.368 e. The van der Waals surface area contributed by atoms with Gasteiger partial charge in [0.1, 0.15) is 0 Å². The van der Waals surface area contributed by atoms with Crippen LogP contribution in [0.1, 0.15) is 18.9 Å². The lowest BCUT2D eigenvalue weighted by molar-refractivity contribution is -0.137. The first-order valence-electron chi connectivity index (χ1n) is 5.47. The number of alkyl halides is 3. The van der Waals surface area contributed by atoms with Crippen LogP contribution in [0.5, 0.6) is 0 Å². The third-order valence-corrected chi connectivity index (χ3v) is 2.40. The molecule has 8 heteroatoms. The smallest absolute Gasteiger partial charge is 0.368 e. The van der Waals surface area contributed by atoms with Crippen molar-refractivity contribution < 1.29 is 18.0 Å². The first kappa shape index (κ1) is 14.5. The lowest BCUT2D eigenvalue weighted by Gasteiger charge is -2.13. The van der Waals surface area contributed by atoms with Crippen molar-refractivity contribution in [2.45, 2.75) is 32.1 Å². The molecular weight excluding hydrogens is 249 g/mol. The summed E-state index contributed by atoms with van der Waals surface area (Å²) in [6.45, 7) is 2.56. The number of nitrogens with zero attached hydrogens (tertiary/aromatic N) is 2. The van der Waals surface area contributed by atoms with Crippen LogP contribution in [0.4, 0.5) is 13.2 Å². The average molecular weight is 264 g/mol. The quantitative estimate of drug-likeness (QED) is 0.796. The van der Waals surface area contributed by atoms with E-state index in [-0.39, 0.29) is 6.54 Å². The van der Waals surface area contributed by atoms with Crippen molar-refractivity contribution in [3.8, 4) is 0 Å². The van der Waals surface area contributed by atoms with E-state index in [0.717, 1.165) is 17.1 Å². The van der Waals surface area contributed by atoms with E-state index >= 15 is 0 Å². The molecule has 102 valence electrons. The molecule has 0 fully saturated rings. The number of amides is 1. The van der Waals surface area contributed by atoms with E-state index < -0.39 is 23.7 Å². The molecule has 0 bridgehead atoms. The number of rotatable bonds is 6. The average Bonchev–Trinajstić information content (AvgIpc) is 2.71. The van der Waals surface area contributed by atoms with Crippen LogP contribution in [0, 0.1) is 0 Å². The van der Waals surface area contributed by atoms with Crippen molar-refractivity contribution in [3.63, 3.8) is 0 Å². The number of hydrogen-bond acceptors (Lipinski definition) is 3. The van der Waals surface area contributed by atoms with E-state index in [1.165, 1.54) is 0 Å². The van der Waals surface area contributed by atoms with Gasteiger partial charge in [-0.15, -0.1) is 0 Å². The highest BCUT2D eigenvalue weighted by atomic mass is 19.4. The summed E-state index contributed by atoms with van der Waals surface area (Å²) in [6.07, 6.45) is -2.44. The third kappa shape index (κ3) is 4.02. The van der Waals surface area contributed by atoms with Gasteiger partial charge in [0.25, 0.3) is 0 Å². The molecule has 0 aromatic carbocycles. The maximum absolute atomic E-state index is 12.3. The minimum atomic E-state index is -4.40. The van der Waals surface area contributed by atoms with Crippen molar-refractivity contribution >= 4 is 5.91 Å². The highest BCUT2D eigenvalue weighted by molar-refractivity contribution is 5.79. The van der Waals surface area contributed by atoms with E-state index in [1.807, 2.05) is 6.92 Å². The maximum atomic E-state index is 12.3. The molecule has 3 N–H and O–H groups in total. The molecule has 0 saturated heterocycles. The fourth-order valence-corrected chi connectivity index (χ4v) is 1.48. The summed E-state index contributed by atoms with van der Waals surface area (Å²) < 4.78 is 38.1. The summed E-state index contributed by atoms with van der Waals surface area (Å²) in [7, 11) is 0. The Bertz CT molecular complexity index is 402. The zero-order valence-electron chi connectivity index (χ0n) is 9.87. The second-order valence-corrected chi connectivity index (χ2v) is 3.79. The number of halogens is 3. The molecule has 1 atom stereocenters. The van der Waals surface area contributed by atoms with Crippen LogP contribution in [0.3, 0.4) is 0 Å². The molecule has 18 heavy (non-hydrogen) atoms. The monoisotopic (exact) mass is 264 g/mol. The van der Waals surface area contributed by atoms with E-state index in [4.69, 9.17) is 5.73 Å². The molecule has 0 saturated carbocycles. The van der Waals surface area contributed by atoms with E-state index in [0.29, 0.717) is 13.0 Å². The Labute approximate surface area is 102 Å². The summed E-state index contributed by atoms with van der Waals surface area (Å²) in [5.41, 5.74) is 4.35. The topological polar surface area (TPSA) is 72.9 Å². The Hall–Kier alpha value is -1.57. The number of aryl methyl sites for hydroxylation is 1. The normalized spacial score (nSPS) is 13.6. The van der Waals surface area contributed by atoms with E-state index in [1.54, 1.807) is 0 Å². The highest BCUT2D eigenvalue weighted by Gasteiger charge is 2.32. The van der Waals surface area contributed by atoms with Crippen LogP contribution in [0.15, 0.2) is 12.4 Å². The number of carbonyl (C=O) groups is 1. The molecule has 1 amide bonds. The Kier molecular flexibility index (Phi) is 4.71. The van der Waals surface area contributed by atoms with Gasteiger partial charge in [0.15, 0.2) is 0 Å². The zero-order valence-corrected chi connectivity index (χ0v) is 9.87. The number of nitrogens with two attached hydrogens (primary N) is 1. The van der Waals surface area contributed by atoms with Crippen LogP contribution in [-0.2, 0) is 17.5 Å². The van der Waals surface area contributed by atoms with Gasteiger partial charge in [-0.25, -0.2) is 0 Å². The Balaban J connectivity index is 2.57. The summed E-state index contributed by atoms with van der Waals surface area (Å²) >= 11 is 0. The third-order valence-electron chi connectivity index (χ3n) is 2.40. The largest absolute Gasteiger partial charge is 0.419 e. The predicted octanol–water partition coefficient (Wildman–Crippen LogP) is 0.755. The van der Waals surface area contributed by atoms with Gasteiger partial charge in [0.2, 0.25) is 5.91 Å². The van der Waals surface area contributed by atoms with Gasteiger partial charge in [-0.1, -0.05) is 6.92 Å². The second kappa shape index (κ2) is 5.85. The van der Waals surface area contributed by atoms with Crippen molar-refractivity contribution in [3.05, 3.63) is 18.0 Å². The fraction of sp³-hybridized carbons (Fsp3) is 0.600. The number of likely N-dealkylation sites (N-methyl/N-ethyl adjacent to an activating group) is 1. The molecule has 1 rings (SSSR count). The first-order chi connectivity index (χ1) is 8.34. The van der Waals surface area contributed by atoms with Gasteiger partial charge in [-0.05, 0) is 13.0 Å². The van der Waals surface area contributed by atoms with Crippen LogP contribution in [0.2, 0.25) is 0 Å². The fourth-order valence-electron chi connectivity index (χ4n) is 1.48. The lowest BCUT2D eigenvalue weighted by atomic mass is 10.2. The van der Waals surface area contributed by atoms with E-state index in [9.17, 15) is 18.0 Å². The number of primary amides is 1. The Morgan fingerprint density at radius 3 is 2.72 bits per heavy atom. The van der Waals surface area contributed by atoms with Crippen LogP contribution in [-0.4, -0.2) is 28.3 Å². The first-order valence-corrected chi connectivity index (χ1v) is 5.47. The molecule has 0 spiro atoms. The van der Waals surface area contributed by atoms with Crippen molar-refractivity contribution in [2.75, 3.05) is 6.54 Å². The van der Waals surface area contributed by atoms with Gasteiger partial charge >= 0.3 is 6.18 Å². The summed E-state index contributed by atoms with van der Waals surface area (Å²) in [4.78, 5) is 11.0. The van der Waals surface area contributed by atoms with Crippen LogP contribution >= 0.6 is 0 Å². The zero-order chi connectivity index (χ0) is 13.8. The molecule has 1 aromatic rings. The molecule has 0 aliphatic carbocycles. The van der Waals surface area contributed by atoms with Gasteiger partial charge < -0.3 is 11.1 Å². The standard InChI is InChI=1S/C10H15F3N4O/c1-2-15-8(9(14)18)3-4-17-6-7(5-16-17)10(11,12)13/h5-6,8,15H,2-4H2,1H3,(H2,14,18). The Morgan fingerprint density at radius 2 is 2.28 bits per heavy atom. The van der Waals surface area contributed by atoms with Gasteiger partial charge in [-0.2, -0.15) is 18.3 Å². The second-order valence-electron chi connectivity index (χ2n) is 3.79. The molecular formula is C10H15F3N4O. The summed E-state index contributed by atoms with van der Waals surface area (Å²) in [5.74, 6) is -0.528. The summed E-state index contributed by atoms with van der Waals surface area (Å²) in [5, 5.41) is 6.44. The number of aromatic nitrogens is 2. The predicted molar refractivity (Wildman–Crippen MR) is 58.5 cm³/mol. The van der Waals surface area contributed by atoms with Gasteiger partial charge in [0, 0.05) is 12.7 Å². The lowest BCUT2D eigenvalue weighted by Crippen LogP contribution is -2.41. The molecule has 0 aliphatic heterocycles. The number of carbonyl (C=O) groups excluding carboxylic acids is 1. The van der Waals surface area contributed by atoms with Gasteiger partial charge in [-0.3, -0.25) is 9.48 Å².